The Labute approximate surface area is 112 Å². The SMILES string of the molecule is CC(C)NC1CCCN(C2CN3CCC2CC3)C1. The standard InChI is InChI=1S/C15H29N3/c1-12(2)16-14-4-3-7-18(10-14)15-11-17-8-5-13(15)6-9-17/h12-16H,3-11H2,1-2H3. The molecule has 0 aromatic carbocycles. The van der Waals surface area contributed by atoms with Crippen LogP contribution in [-0.2, 0) is 0 Å². The zero-order valence-electron chi connectivity index (χ0n) is 12.1. The summed E-state index contributed by atoms with van der Waals surface area (Å²) in [6.07, 6.45) is 5.65. The van der Waals surface area contributed by atoms with Crippen LogP contribution >= 0.6 is 0 Å². The fraction of sp³-hybridized carbons (Fsp3) is 1.00. The van der Waals surface area contributed by atoms with Crippen LogP contribution in [0.1, 0.15) is 39.5 Å². The van der Waals surface area contributed by atoms with Crippen LogP contribution in [0, 0.1) is 5.92 Å². The van der Waals surface area contributed by atoms with Crippen molar-refractivity contribution in [2.75, 3.05) is 32.7 Å². The third-order valence-electron chi connectivity index (χ3n) is 5.11. The fourth-order valence-corrected chi connectivity index (χ4v) is 4.26. The highest BCUT2D eigenvalue weighted by Crippen LogP contribution is 2.32. The van der Waals surface area contributed by atoms with Gasteiger partial charge in [-0.1, -0.05) is 13.8 Å². The average Bonchev–Trinajstić information content (AvgIpc) is 2.39. The summed E-state index contributed by atoms with van der Waals surface area (Å²) in [6.45, 7) is 11.2. The van der Waals surface area contributed by atoms with E-state index in [-0.39, 0.29) is 0 Å². The molecule has 4 aliphatic rings. The van der Waals surface area contributed by atoms with E-state index in [0.29, 0.717) is 6.04 Å². The van der Waals surface area contributed by atoms with Crippen LogP contribution in [0.4, 0.5) is 0 Å². The molecule has 0 aromatic rings. The lowest BCUT2D eigenvalue weighted by Crippen LogP contribution is -2.61. The first-order valence-electron chi connectivity index (χ1n) is 7.95. The topological polar surface area (TPSA) is 18.5 Å². The van der Waals surface area contributed by atoms with Gasteiger partial charge in [-0.15, -0.1) is 0 Å². The number of fused-ring (bicyclic) bond motifs is 3. The first-order valence-corrected chi connectivity index (χ1v) is 7.95. The van der Waals surface area contributed by atoms with E-state index in [0.717, 1.165) is 18.0 Å². The maximum Gasteiger partial charge on any atom is 0.0252 e. The number of likely N-dealkylation sites (tertiary alicyclic amines) is 1. The van der Waals surface area contributed by atoms with Crippen LogP contribution < -0.4 is 5.32 Å². The molecule has 0 saturated carbocycles. The minimum absolute atomic E-state index is 0.626. The molecule has 0 spiro atoms. The molecule has 0 radical (unpaired) electrons. The van der Waals surface area contributed by atoms with Gasteiger partial charge in [0.25, 0.3) is 0 Å². The van der Waals surface area contributed by atoms with E-state index in [2.05, 4.69) is 29.0 Å². The molecular weight excluding hydrogens is 222 g/mol. The molecular formula is C15H29N3. The molecule has 0 amide bonds. The van der Waals surface area contributed by atoms with Crippen molar-refractivity contribution >= 4 is 0 Å². The van der Waals surface area contributed by atoms with E-state index in [1.807, 2.05) is 0 Å². The van der Waals surface area contributed by atoms with Gasteiger partial charge in [0, 0.05) is 31.2 Å². The van der Waals surface area contributed by atoms with Gasteiger partial charge in [-0.2, -0.15) is 0 Å². The molecule has 1 N–H and O–H groups in total. The van der Waals surface area contributed by atoms with Gasteiger partial charge >= 0.3 is 0 Å². The lowest BCUT2D eigenvalue weighted by Gasteiger charge is -2.51. The smallest absolute Gasteiger partial charge is 0.0252 e. The second-order valence-corrected chi connectivity index (χ2v) is 6.86. The van der Waals surface area contributed by atoms with Crippen molar-refractivity contribution in [3.63, 3.8) is 0 Å². The van der Waals surface area contributed by atoms with E-state index < -0.39 is 0 Å². The van der Waals surface area contributed by atoms with Gasteiger partial charge in [-0.05, 0) is 51.2 Å². The number of hydrogen-bond acceptors (Lipinski definition) is 3. The Balaban J connectivity index is 1.58. The summed E-state index contributed by atoms with van der Waals surface area (Å²) in [5.41, 5.74) is 0. The Bertz CT molecular complexity index is 271. The summed E-state index contributed by atoms with van der Waals surface area (Å²) >= 11 is 0. The van der Waals surface area contributed by atoms with Crippen molar-refractivity contribution in [1.29, 1.82) is 0 Å². The third-order valence-corrected chi connectivity index (χ3v) is 5.11. The van der Waals surface area contributed by atoms with Gasteiger partial charge in [-0.25, -0.2) is 0 Å². The first kappa shape index (κ1) is 12.9. The van der Waals surface area contributed by atoms with Crippen LogP contribution in [0.25, 0.3) is 0 Å². The molecule has 104 valence electrons. The maximum absolute atomic E-state index is 3.74. The van der Waals surface area contributed by atoms with Gasteiger partial charge < -0.3 is 10.2 Å². The summed E-state index contributed by atoms with van der Waals surface area (Å²) in [7, 11) is 0. The molecule has 0 aliphatic carbocycles. The normalized spacial score (nSPS) is 41.5. The zero-order valence-corrected chi connectivity index (χ0v) is 12.1. The van der Waals surface area contributed by atoms with Crippen molar-refractivity contribution in [3.05, 3.63) is 0 Å². The van der Waals surface area contributed by atoms with Crippen LogP contribution in [-0.4, -0.2) is 60.6 Å². The van der Waals surface area contributed by atoms with Gasteiger partial charge in [0.1, 0.15) is 0 Å². The first-order chi connectivity index (χ1) is 8.72. The largest absolute Gasteiger partial charge is 0.311 e. The Hall–Kier alpha value is -0.120. The van der Waals surface area contributed by atoms with E-state index in [9.17, 15) is 0 Å². The molecule has 4 heterocycles. The molecule has 2 bridgehead atoms. The Morgan fingerprint density at radius 2 is 1.78 bits per heavy atom. The van der Waals surface area contributed by atoms with Crippen molar-refractivity contribution in [2.45, 2.75) is 57.7 Å². The summed E-state index contributed by atoms with van der Waals surface area (Å²) < 4.78 is 0. The van der Waals surface area contributed by atoms with Crippen LogP contribution in [0.2, 0.25) is 0 Å². The average molecular weight is 251 g/mol. The van der Waals surface area contributed by atoms with Crippen molar-refractivity contribution in [3.8, 4) is 0 Å². The second-order valence-electron chi connectivity index (χ2n) is 6.86. The predicted octanol–water partition coefficient (Wildman–Crippen LogP) is 1.54. The minimum Gasteiger partial charge on any atom is -0.311 e. The Morgan fingerprint density at radius 3 is 2.39 bits per heavy atom. The summed E-state index contributed by atoms with van der Waals surface area (Å²) in [5.74, 6) is 0.993. The number of hydrogen-bond donors (Lipinski definition) is 1. The molecule has 2 unspecified atom stereocenters. The monoisotopic (exact) mass is 251 g/mol. The van der Waals surface area contributed by atoms with Gasteiger partial charge in [0.15, 0.2) is 0 Å². The molecule has 4 fully saturated rings. The highest BCUT2D eigenvalue weighted by Gasteiger charge is 2.38. The van der Waals surface area contributed by atoms with Crippen molar-refractivity contribution in [1.82, 2.24) is 15.1 Å². The van der Waals surface area contributed by atoms with Crippen LogP contribution in [0.3, 0.4) is 0 Å². The summed E-state index contributed by atoms with van der Waals surface area (Å²) in [6, 6.07) is 2.22. The molecule has 3 nitrogen and oxygen atoms in total. The van der Waals surface area contributed by atoms with E-state index in [1.54, 1.807) is 0 Å². The molecule has 0 aromatic heterocycles. The van der Waals surface area contributed by atoms with Gasteiger partial charge in [0.05, 0.1) is 0 Å². The Morgan fingerprint density at radius 1 is 1.00 bits per heavy atom. The molecule has 3 heteroatoms. The lowest BCUT2D eigenvalue weighted by atomic mass is 9.82. The van der Waals surface area contributed by atoms with Crippen LogP contribution in [0.5, 0.6) is 0 Å². The summed E-state index contributed by atoms with van der Waals surface area (Å²) in [4.78, 5) is 5.49. The number of rotatable bonds is 3. The number of nitrogens with one attached hydrogen (secondary N) is 1. The Kier molecular flexibility index (Phi) is 3.92. The van der Waals surface area contributed by atoms with Gasteiger partial charge in [0.2, 0.25) is 0 Å². The molecule has 4 saturated heterocycles. The number of nitrogens with zero attached hydrogens (tertiary/aromatic N) is 2. The van der Waals surface area contributed by atoms with E-state index >= 15 is 0 Å². The molecule has 4 rings (SSSR count). The highest BCUT2D eigenvalue weighted by molar-refractivity contribution is 4.94. The maximum atomic E-state index is 3.74. The van der Waals surface area contributed by atoms with E-state index in [1.165, 1.54) is 58.4 Å². The third kappa shape index (κ3) is 2.73. The van der Waals surface area contributed by atoms with E-state index in [4.69, 9.17) is 0 Å². The fourth-order valence-electron chi connectivity index (χ4n) is 4.26. The quantitative estimate of drug-likeness (QED) is 0.821. The zero-order chi connectivity index (χ0) is 12.5. The molecule has 2 atom stereocenters. The van der Waals surface area contributed by atoms with Crippen molar-refractivity contribution in [2.24, 2.45) is 5.92 Å². The predicted molar refractivity (Wildman–Crippen MR) is 75.8 cm³/mol. The van der Waals surface area contributed by atoms with Gasteiger partial charge in [-0.3, -0.25) is 4.90 Å². The van der Waals surface area contributed by atoms with Crippen molar-refractivity contribution < 1.29 is 0 Å². The minimum atomic E-state index is 0.626. The summed E-state index contributed by atoms with van der Waals surface area (Å²) in [5, 5.41) is 3.74. The molecule has 4 aliphatic heterocycles. The van der Waals surface area contributed by atoms with Crippen LogP contribution in [0.15, 0.2) is 0 Å². The second kappa shape index (κ2) is 5.48. The lowest BCUT2D eigenvalue weighted by molar-refractivity contribution is -0.00836. The molecule has 18 heavy (non-hydrogen) atoms. The highest BCUT2D eigenvalue weighted by atomic mass is 15.3. The number of piperidine rings is 4.